The largest absolute Gasteiger partial charge is 0.358 e. The number of benzene rings is 1. The highest BCUT2D eigenvalue weighted by Gasteiger charge is 2.45. The zero-order valence-electron chi connectivity index (χ0n) is 11.4. The highest BCUT2D eigenvalue weighted by molar-refractivity contribution is 6.31. The Hall–Kier alpha value is -2.20. The van der Waals surface area contributed by atoms with Gasteiger partial charge in [-0.05, 0) is 12.1 Å². The zero-order valence-corrected chi connectivity index (χ0v) is 12.2. The van der Waals surface area contributed by atoms with Gasteiger partial charge < -0.3 is 4.90 Å². The molecule has 0 spiro atoms. The van der Waals surface area contributed by atoms with Crippen LogP contribution >= 0.6 is 11.6 Å². The van der Waals surface area contributed by atoms with Gasteiger partial charge in [0.1, 0.15) is 6.07 Å². The predicted molar refractivity (Wildman–Crippen MR) is 75.5 cm³/mol. The molecule has 22 heavy (non-hydrogen) atoms. The summed E-state index contributed by atoms with van der Waals surface area (Å²) in [5.41, 5.74) is 0.502. The molecule has 2 heterocycles. The summed E-state index contributed by atoms with van der Waals surface area (Å²) >= 11 is 5.89. The number of anilines is 1. The van der Waals surface area contributed by atoms with Crippen molar-refractivity contribution in [3.05, 3.63) is 34.7 Å². The Morgan fingerprint density at radius 1 is 1.41 bits per heavy atom. The first-order valence-corrected chi connectivity index (χ1v) is 6.75. The van der Waals surface area contributed by atoms with Crippen LogP contribution in [-0.4, -0.2) is 28.8 Å². The van der Waals surface area contributed by atoms with E-state index in [0.717, 1.165) is 0 Å². The highest BCUT2D eigenvalue weighted by Crippen LogP contribution is 2.41. The van der Waals surface area contributed by atoms with E-state index in [1.807, 2.05) is 6.07 Å². The lowest BCUT2D eigenvalue weighted by atomic mass is 9.99. The fraction of sp³-hybridized carbons (Fsp3) is 0.286. The molecule has 8 heteroatoms. The quantitative estimate of drug-likeness (QED) is 0.851. The second-order valence-electron chi connectivity index (χ2n) is 5.11. The molecular weight excluding hydrogens is 317 g/mol. The third kappa shape index (κ3) is 2.20. The van der Waals surface area contributed by atoms with E-state index in [9.17, 15) is 18.4 Å². The maximum Gasteiger partial charge on any atom is 0.282 e. The lowest BCUT2D eigenvalue weighted by Gasteiger charge is -2.41. The summed E-state index contributed by atoms with van der Waals surface area (Å²) < 4.78 is 42.0. The van der Waals surface area contributed by atoms with Gasteiger partial charge >= 0.3 is 0 Å². The number of alkyl halides is 2. The van der Waals surface area contributed by atoms with Gasteiger partial charge in [-0.25, -0.2) is 13.2 Å². The molecule has 1 aromatic carbocycles. The van der Waals surface area contributed by atoms with E-state index in [4.69, 9.17) is 11.6 Å². The molecular formula is C14H10ClF3N4. The van der Waals surface area contributed by atoms with Crippen molar-refractivity contribution < 1.29 is 13.2 Å². The minimum Gasteiger partial charge on any atom is -0.358 e. The monoisotopic (exact) mass is 326 g/mol. The molecule has 1 saturated heterocycles. The van der Waals surface area contributed by atoms with Crippen molar-refractivity contribution >= 4 is 17.3 Å². The number of aromatic nitrogens is 2. The van der Waals surface area contributed by atoms with Gasteiger partial charge in [0.05, 0.1) is 40.6 Å². The fourth-order valence-electron chi connectivity index (χ4n) is 2.52. The topological polar surface area (TPSA) is 44.9 Å². The Labute approximate surface area is 129 Å². The van der Waals surface area contributed by atoms with E-state index in [2.05, 4.69) is 5.10 Å². The third-order valence-corrected chi connectivity index (χ3v) is 3.85. The van der Waals surface area contributed by atoms with Crippen molar-refractivity contribution in [1.82, 2.24) is 9.78 Å². The van der Waals surface area contributed by atoms with Crippen LogP contribution in [0.3, 0.4) is 0 Å². The molecule has 0 atom stereocenters. The van der Waals surface area contributed by atoms with Crippen molar-refractivity contribution in [3.63, 3.8) is 0 Å². The molecule has 3 rings (SSSR count). The minimum absolute atomic E-state index is 0.0269. The number of nitrogens with zero attached hydrogens (tertiary/aromatic N) is 4. The standard InChI is InChI=1S/C14H10ClF3N4/c1-21-10(2-3-20-21)12-8(5-19)11(4-9(15)13(12)16)22-6-14(17,18)7-22/h2-4H,6-7H2,1H3. The van der Waals surface area contributed by atoms with Crippen molar-refractivity contribution in [3.8, 4) is 17.3 Å². The Bertz CT molecular complexity index is 786. The van der Waals surface area contributed by atoms with E-state index < -0.39 is 24.8 Å². The molecule has 0 radical (unpaired) electrons. The second kappa shape index (κ2) is 4.92. The third-order valence-electron chi connectivity index (χ3n) is 3.57. The average Bonchev–Trinajstić information content (AvgIpc) is 2.84. The number of aryl methyl sites for hydroxylation is 1. The maximum atomic E-state index is 14.4. The van der Waals surface area contributed by atoms with Crippen LogP contribution in [0.4, 0.5) is 18.9 Å². The molecule has 114 valence electrons. The summed E-state index contributed by atoms with van der Waals surface area (Å²) in [6, 6.07) is 4.64. The molecule has 1 fully saturated rings. The van der Waals surface area contributed by atoms with Gasteiger partial charge in [0.15, 0.2) is 5.82 Å². The highest BCUT2D eigenvalue weighted by atomic mass is 35.5. The first kappa shape index (κ1) is 14.7. The van der Waals surface area contributed by atoms with Gasteiger partial charge in [-0.1, -0.05) is 11.6 Å². The molecule has 0 aliphatic carbocycles. The summed E-state index contributed by atoms with van der Waals surface area (Å²) in [7, 11) is 1.59. The lowest BCUT2D eigenvalue weighted by Crippen LogP contribution is -2.56. The number of hydrogen-bond acceptors (Lipinski definition) is 3. The van der Waals surface area contributed by atoms with E-state index in [1.54, 1.807) is 7.05 Å². The van der Waals surface area contributed by atoms with Crippen molar-refractivity contribution in [2.45, 2.75) is 5.92 Å². The fourth-order valence-corrected chi connectivity index (χ4v) is 2.72. The summed E-state index contributed by atoms with van der Waals surface area (Å²) in [5.74, 6) is -3.57. The molecule has 1 aliphatic rings. The van der Waals surface area contributed by atoms with Gasteiger partial charge in [0, 0.05) is 13.2 Å². The number of hydrogen-bond donors (Lipinski definition) is 0. The molecule has 0 N–H and O–H groups in total. The van der Waals surface area contributed by atoms with Crippen molar-refractivity contribution in [2.24, 2.45) is 7.05 Å². The maximum absolute atomic E-state index is 14.4. The summed E-state index contributed by atoms with van der Waals surface area (Å²) in [5, 5.41) is 13.1. The predicted octanol–water partition coefficient (Wildman–Crippen LogP) is 3.21. The minimum atomic E-state index is -2.81. The molecule has 0 saturated carbocycles. The average molecular weight is 327 g/mol. The smallest absolute Gasteiger partial charge is 0.282 e. The van der Waals surface area contributed by atoms with Crippen LogP contribution in [0.5, 0.6) is 0 Å². The van der Waals surface area contributed by atoms with E-state index in [0.29, 0.717) is 5.69 Å². The summed E-state index contributed by atoms with van der Waals surface area (Å²) in [6.45, 7) is -1.04. The van der Waals surface area contributed by atoms with Crippen LogP contribution in [0.1, 0.15) is 5.56 Å². The zero-order chi connectivity index (χ0) is 16.1. The van der Waals surface area contributed by atoms with Crippen LogP contribution in [-0.2, 0) is 7.05 Å². The van der Waals surface area contributed by atoms with Gasteiger partial charge in [0.2, 0.25) is 0 Å². The molecule has 0 amide bonds. The second-order valence-corrected chi connectivity index (χ2v) is 5.51. The Kier molecular flexibility index (Phi) is 3.29. The molecule has 1 aliphatic heterocycles. The van der Waals surface area contributed by atoms with E-state index in [1.165, 1.54) is 27.9 Å². The Morgan fingerprint density at radius 3 is 2.59 bits per heavy atom. The van der Waals surface area contributed by atoms with Gasteiger partial charge in [0.25, 0.3) is 5.92 Å². The van der Waals surface area contributed by atoms with Gasteiger partial charge in [-0.2, -0.15) is 10.4 Å². The Morgan fingerprint density at radius 2 is 2.09 bits per heavy atom. The van der Waals surface area contributed by atoms with Crippen LogP contribution in [0.25, 0.3) is 11.3 Å². The number of rotatable bonds is 2. The number of nitriles is 1. The first-order valence-electron chi connectivity index (χ1n) is 6.37. The first-order chi connectivity index (χ1) is 10.3. The SMILES string of the molecule is Cn1nccc1-c1c(F)c(Cl)cc(N2CC(F)(F)C2)c1C#N. The normalized spacial score (nSPS) is 16.3. The molecule has 0 bridgehead atoms. The van der Waals surface area contributed by atoms with E-state index in [-0.39, 0.29) is 21.8 Å². The van der Waals surface area contributed by atoms with Crippen molar-refractivity contribution in [2.75, 3.05) is 18.0 Å². The molecule has 4 nitrogen and oxygen atoms in total. The van der Waals surface area contributed by atoms with Crippen molar-refractivity contribution in [1.29, 1.82) is 5.26 Å². The lowest BCUT2D eigenvalue weighted by molar-refractivity contribution is -0.0262. The Balaban J connectivity index is 2.20. The molecule has 2 aromatic rings. The van der Waals surface area contributed by atoms with Gasteiger partial charge in [-0.3, -0.25) is 4.68 Å². The van der Waals surface area contributed by atoms with Gasteiger partial charge in [-0.15, -0.1) is 0 Å². The summed E-state index contributed by atoms with van der Waals surface area (Å²) in [4.78, 5) is 1.31. The molecule has 0 unspecified atom stereocenters. The summed E-state index contributed by atoms with van der Waals surface area (Å²) in [6.07, 6.45) is 1.45. The van der Waals surface area contributed by atoms with Crippen LogP contribution in [0.2, 0.25) is 5.02 Å². The van der Waals surface area contributed by atoms with E-state index >= 15 is 0 Å². The molecule has 1 aromatic heterocycles. The van der Waals surface area contributed by atoms with Crippen LogP contribution in [0.15, 0.2) is 18.3 Å². The number of halogens is 4. The van der Waals surface area contributed by atoms with Crippen LogP contribution < -0.4 is 4.90 Å². The van der Waals surface area contributed by atoms with Crippen LogP contribution in [0, 0.1) is 17.1 Å².